The van der Waals surface area contributed by atoms with Crippen molar-refractivity contribution in [3.05, 3.63) is 33.3 Å². The monoisotopic (exact) mass is 343 g/mol. The first kappa shape index (κ1) is 14.9. The van der Waals surface area contributed by atoms with Crippen LogP contribution in [0.4, 0.5) is 0 Å². The smallest absolute Gasteiger partial charge is 0.253 e. The summed E-state index contributed by atoms with van der Waals surface area (Å²) in [7, 11) is 0. The molecule has 1 fully saturated rings. The molecule has 0 heterocycles. The van der Waals surface area contributed by atoms with Gasteiger partial charge in [0.2, 0.25) is 0 Å². The van der Waals surface area contributed by atoms with Gasteiger partial charge in [0.25, 0.3) is 5.91 Å². The number of halogens is 2. The summed E-state index contributed by atoms with van der Waals surface area (Å²) in [6.07, 6.45) is 5.79. The third-order valence-corrected chi connectivity index (χ3v) is 5.09. The van der Waals surface area contributed by atoms with Gasteiger partial charge in [-0.05, 0) is 53.2 Å². The minimum atomic E-state index is -0.0640. The molecular formula is C15H19BrClNO. The topological polar surface area (TPSA) is 29.1 Å². The Morgan fingerprint density at radius 1 is 1.32 bits per heavy atom. The van der Waals surface area contributed by atoms with Crippen LogP contribution < -0.4 is 5.32 Å². The molecule has 0 radical (unpaired) electrons. The minimum absolute atomic E-state index is 0.0640. The van der Waals surface area contributed by atoms with Crippen LogP contribution in [0.3, 0.4) is 0 Å². The maximum atomic E-state index is 12.3. The Labute approximate surface area is 128 Å². The summed E-state index contributed by atoms with van der Waals surface area (Å²) in [6.45, 7) is 2.29. The quantitative estimate of drug-likeness (QED) is 0.767. The molecule has 2 unspecified atom stereocenters. The Bertz CT molecular complexity index is 463. The first-order chi connectivity index (χ1) is 9.08. The van der Waals surface area contributed by atoms with E-state index in [-0.39, 0.29) is 11.9 Å². The molecule has 2 nitrogen and oxygen atoms in total. The summed E-state index contributed by atoms with van der Waals surface area (Å²) >= 11 is 9.50. The first-order valence-corrected chi connectivity index (χ1v) is 8.00. The number of rotatable bonds is 2. The number of hydrogen-bond donors (Lipinski definition) is 1. The second kappa shape index (κ2) is 6.76. The van der Waals surface area contributed by atoms with Gasteiger partial charge in [-0.15, -0.1) is 0 Å². The van der Waals surface area contributed by atoms with Crippen molar-refractivity contribution < 1.29 is 4.79 Å². The van der Waals surface area contributed by atoms with E-state index in [1.165, 1.54) is 19.3 Å². The summed E-state index contributed by atoms with van der Waals surface area (Å²) in [4.78, 5) is 12.3. The highest BCUT2D eigenvalue weighted by molar-refractivity contribution is 9.10. The van der Waals surface area contributed by atoms with E-state index in [1.54, 1.807) is 6.07 Å². The van der Waals surface area contributed by atoms with Crippen LogP contribution in [0.15, 0.2) is 22.7 Å². The van der Waals surface area contributed by atoms with Crippen LogP contribution in [0.25, 0.3) is 0 Å². The number of carbonyl (C=O) groups is 1. The minimum Gasteiger partial charge on any atom is -0.349 e. The molecule has 1 aliphatic rings. The lowest BCUT2D eigenvalue weighted by molar-refractivity contribution is 0.0933. The van der Waals surface area contributed by atoms with E-state index < -0.39 is 0 Å². The largest absolute Gasteiger partial charge is 0.349 e. The highest BCUT2D eigenvalue weighted by Crippen LogP contribution is 2.27. The molecule has 1 aliphatic carbocycles. The highest BCUT2D eigenvalue weighted by Gasteiger charge is 2.20. The normalized spacial score (nSPS) is 23.7. The number of nitrogens with one attached hydrogen (secondary N) is 1. The molecule has 0 saturated heterocycles. The van der Waals surface area contributed by atoms with Crippen molar-refractivity contribution >= 4 is 33.4 Å². The first-order valence-electron chi connectivity index (χ1n) is 6.83. The Kier molecular flexibility index (Phi) is 5.28. The van der Waals surface area contributed by atoms with E-state index >= 15 is 0 Å². The predicted octanol–water partition coefficient (Wildman–Crippen LogP) is 4.80. The van der Waals surface area contributed by atoms with E-state index in [1.807, 2.05) is 12.1 Å². The molecule has 1 aromatic rings. The average molecular weight is 345 g/mol. The molecule has 104 valence electrons. The van der Waals surface area contributed by atoms with Crippen molar-refractivity contribution in [2.75, 3.05) is 0 Å². The van der Waals surface area contributed by atoms with Crippen molar-refractivity contribution in [1.82, 2.24) is 5.32 Å². The second-order valence-electron chi connectivity index (χ2n) is 5.39. The molecule has 1 aromatic carbocycles. The molecule has 2 rings (SSSR count). The fourth-order valence-electron chi connectivity index (χ4n) is 2.57. The lowest BCUT2D eigenvalue weighted by Gasteiger charge is -2.17. The average Bonchev–Trinajstić information content (AvgIpc) is 2.58. The van der Waals surface area contributed by atoms with Crippen molar-refractivity contribution in [3.8, 4) is 0 Å². The van der Waals surface area contributed by atoms with E-state index in [0.29, 0.717) is 10.6 Å². The van der Waals surface area contributed by atoms with Crippen LogP contribution in [0.2, 0.25) is 5.02 Å². The summed E-state index contributed by atoms with van der Waals surface area (Å²) < 4.78 is 0.760. The van der Waals surface area contributed by atoms with Gasteiger partial charge in [-0.1, -0.05) is 37.4 Å². The zero-order chi connectivity index (χ0) is 13.8. The Morgan fingerprint density at radius 2 is 2.11 bits per heavy atom. The SMILES string of the molecule is CC1CCCC(NC(=O)c2cccc(Br)c2Cl)CC1. The highest BCUT2D eigenvalue weighted by atomic mass is 79.9. The third-order valence-electron chi connectivity index (χ3n) is 3.79. The Balaban J connectivity index is 2.02. The fourth-order valence-corrected chi connectivity index (χ4v) is 3.15. The summed E-state index contributed by atoms with van der Waals surface area (Å²) in [5, 5.41) is 3.61. The van der Waals surface area contributed by atoms with Crippen molar-refractivity contribution in [2.45, 2.75) is 45.1 Å². The van der Waals surface area contributed by atoms with E-state index in [9.17, 15) is 4.79 Å². The zero-order valence-corrected chi connectivity index (χ0v) is 13.4. The van der Waals surface area contributed by atoms with Crippen LogP contribution in [-0.2, 0) is 0 Å². The number of carbonyl (C=O) groups excluding carboxylic acids is 1. The molecule has 19 heavy (non-hydrogen) atoms. The Morgan fingerprint density at radius 3 is 2.89 bits per heavy atom. The molecule has 0 bridgehead atoms. The van der Waals surface area contributed by atoms with Gasteiger partial charge in [-0.25, -0.2) is 0 Å². The molecule has 0 aliphatic heterocycles. The van der Waals surface area contributed by atoms with Gasteiger partial charge in [-0.2, -0.15) is 0 Å². The Hall–Kier alpha value is -0.540. The predicted molar refractivity (Wildman–Crippen MR) is 82.7 cm³/mol. The van der Waals surface area contributed by atoms with E-state index in [4.69, 9.17) is 11.6 Å². The molecule has 0 spiro atoms. The van der Waals surface area contributed by atoms with Gasteiger partial charge in [0.05, 0.1) is 10.6 Å². The molecule has 1 N–H and O–H groups in total. The van der Waals surface area contributed by atoms with Crippen LogP contribution in [0.5, 0.6) is 0 Å². The summed E-state index contributed by atoms with van der Waals surface area (Å²) in [6, 6.07) is 5.72. The van der Waals surface area contributed by atoms with Crippen molar-refractivity contribution in [1.29, 1.82) is 0 Å². The van der Waals surface area contributed by atoms with Crippen molar-refractivity contribution in [3.63, 3.8) is 0 Å². The second-order valence-corrected chi connectivity index (χ2v) is 6.62. The van der Waals surface area contributed by atoms with Crippen LogP contribution in [0.1, 0.15) is 49.4 Å². The fraction of sp³-hybridized carbons (Fsp3) is 0.533. The number of benzene rings is 1. The summed E-state index contributed by atoms with van der Waals surface area (Å²) in [5.74, 6) is 0.710. The third kappa shape index (κ3) is 3.96. The van der Waals surface area contributed by atoms with Gasteiger partial charge < -0.3 is 5.32 Å². The maximum absolute atomic E-state index is 12.3. The zero-order valence-electron chi connectivity index (χ0n) is 11.1. The van der Waals surface area contributed by atoms with Gasteiger partial charge in [0.1, 0.15) is 0 Å². The van der Waals surface area contributed by atoms with Gasteiger partial charge >= 0.3 is 0 Å². The van der Waals surface area contributed by atoms with Gasteiger partial charge in [0.15, 0.2) is 0 Å². The molecule has 1 amide bonds. The standard InChI is InChI=1S/C15H19BrClNO/c1-10-4-2-5-11(9-8-10)18-15(19)12-6-3-7-13(16)14(12)17/h3,6-7,10-11H,2,4-5,8-9H2,1H3,(H,18,19). The maximum Gasteiger partial charge on any atom is 0.253 e. The van der Waals surface area contributed by atoms with E-state index in [2.05, 4.69) is 28.2 Å². The summed E-state index contributed by atoms with van der Waals surface area (Å²) in [5.41, 5.74) is 0.549. The van der Waals surface area contributed by atoms with Crippen LogP contribution >= 0.6 is 27.5 Å². The van der Waals surface area contributed by atoms with Crippen LogP contribution in [-0.4, -0.2) is 11.9 Å². The molecule has 0 aromatic heterocycles. The lowest BCUT2D eigenvalue weighted by Crippen LogP contribution is -2.34. The molecule has 1 saturated carbocycles. The van der Waals surface area contributed by atoms with Crippen molar-refractivity contribution in [2.24, 2.45) is 5.92 Å². The lowest BCUT2D eigenvalue weighted by atomic mass is 10.0. The van der Waals surface area contributed by atoms with E-state index in [0.717, 1.165) is 23.2 Å². The van der Waals surface area contributed by atoms with Crippen LogP contribution in [0, 0.1) is 5.92 Å². The number of amides is 1. The molecular weight excluding hydrogens is 326 g/mol. The molecule has 2 atom stereocenters. The molecule has 4 heteroatoms. The van der Waals surface area contributed by atoms with Gasteiger partial charge in [-0.3, -0.25) is 4.79 Å². The van der Waals surface area contributed by atoms with Gasteiger partial charge in [0, 0.05) is 10.5 Å². The number of hydrogen-bond acceptors (Lipinski definition) is 1.